The Labute approximate surface area is 115 Å². The smallest absolute Gasteiger partial charge is 0.269 e. The SMILES string of the molecule is N#Cc1c(-c2ccc3c(c2)OCCCC3)nc[nH]c1=O. The topological polar surface area (TPSA) is 78.8 Å². The van der Waals surface area contributed by atoms with Gasteiger partial charge in [0.25, 0.3) is 5.56 Å². The third kappa shape index (κ3) is 2.16. The van der Waals surface area contributed by atoms with Crippen LogP contribution in [-0.2, 0) is 6.42 Å². The summed E-state index contributed by atoms with van der Waals surface area (Å²) < 4.78 is 5.72. The lowest BCUT2D eigenvalue weighted by Gasteiger charge is -2.09. The van der Waals surface area contributed by atoms with Crippen LogP contribution in [0.1, 0.15) is 24.0 Å². The van der Waals surface area contributed by atoms with Crippen LogP contribution in [0.15, 0.2) is 29.3 Å². The lowest BCUT2D eigenvalue weighted by molar-refractivity contribution is 0.317. The lowest BCUT2D eigenvalue weighted by Crippen LogP contribution is -2.12. The first-order chi connectivity index (χ1) is 9.79. The summed E-state index contributed by atoms with van der Waals surface area (Å²) in [7, 11) is 0. The highest BCUT2D eigenvalue weighted by molar-refractivity contribution is 5.68. The molecule has 1 aliphatic rings. The lowest BCUT2D eigenvalue weighted by atomic mass is 10.0. The zero-order valence-corrected chi connectivity index (χ0v) is 10.8. The first-order valence-corrected chi connectivity index (χ1v) is 6.53. The van der Waals surface area contributed by atoms with E-state index in [0.29, 0.717) is 12.3 Å². The molecule has 1 aliphatic heterocycles. The molecular formula is C15H13N3O2. The van der Waals surface area contributed by atoms with Gasteiger partial charge in [0, 0.05) is 5.56 Å². The van der Waals surface area contributed by atoms with Crippen molar-refractivity contribution in [3.05, 3.63) is 46.0 Å². The number of nitrogens with one attached hydrogen (secondary N) is 1. The number of fused-ring (bicyclic) bond motifs is 1. The summed E-state index contributed by atoms with van der Waals surface area (Å²) >= 11 is 0. The molecule has 2 aromatic rings. The Balaban J connectivity index is 2.12. The van der Waals surface area contributed by atoms with E-state index in [9.17, 15) is 4.79 Å². The van der Waals surface area contributed by atoms with Crippen molar-refractivity contribution >= 4 is 0 Å². The van der Waals surface area contributed by atoms with Gasteiger partial charge in [-0.3, -0.25) is 4.79 Å². The second kappa shape index (κ2) is 5.17. The van der Waals surface area contributed by atoms with Crippen molar-refractivity contribution in [1.82, 2.24) is 9.97 Å². The molecule has 5 nitrogen and oxygen atoms in total. The summed E-state index contributed by atoms with van der Waals surface area (Å²) in [5, 5.41) is 9.10. The van der Waals surface area contributed by atoms with Crippen LogP contribution in [0.4, 0.5) is 0 Å². The molecule has 0 atom stereocenters. The van der Waals surface area contributed by atoms with E-state index < -0.39 is 5.56 Å². The van der Waals surface area contributed by atoms with Gasteiger partial charge in [0.2, 0.25) is 0 Å². The molecule has 3 rings (SSSR count). The van der Waals surface area contributed by atoms with E-state index in [1.54, 1.807) is 0 Å². The molecule has 0 bridgehead atoms. The van der Waals surface area contributed by atoms with Crippen LogP contribution in [0.5, 0.6) is 5.75 Å². The Morgan fingerprint density at radius 3 is 3.10 bits per heavy atom. The molecule has 0 spiro atoms. The third-order valence-corrected chi connectivity index (χ3v) is 3.40. The van der Waals surface area contributed by atoms with Crippen molar-refractivity contribution in [2.75, 3.05) is 6.61 Å². The second-order valence-corrected chi connectivity index (χ2v) is 4.70. The van der Waals surface area contributed by atoms with E-state index in [4.69, 9.17) is 10.00 Å². The quantitative estimate of drug-likeness (QED) is 0.857. The van der Waals surface area contributed by atoms with Crippen LogP contribution in [0.3, 0.4) is 0 Å². The summed E-state index contributed by atoms with van der Waals surface area (Å²) in [5.74, 6) is 0.825. The number of benzene rings is 1. The summed E-state index contributed by atoms with van der Waals surface area (Å²) in [4.78, 5) is 18.2. The normalized spacial score (nSPS) is 13.8. The van der Waals surface area contributed by atoms with Crippen LogP contribution < -0.4 is 10.3 Å². The number of rotatable bonds is 1. The summed E-state index contributed by atoms with van der Waals surface area (Å²) in [6.45, 7) is 0.699. The van der Waals surface area contributed by atoms with Gasteiger partial charge in [0.15, 0.2) is 0 Å². The minimum absolute atomic E-state index is 0.0288. The van der Waals surface area contributed by atoms with Crippen molar-refractivity contribution < 1.29 is 4.74 Å². The molecule has 1 aromatic carbocycles. The number of ether oxygens (including phenoxy) is 1. The number of aromatic amines is 1. The number of hydrogen-bond donors (Lipinski definition) is 1. The molecule has 1 aromatic heterocycles. The van der Waals surface area contributed by atoms with E-state index in [1.165, 1.54) is 6.33 Å². The van der Waals surface area contributed by atoms with E-state index in [2.05, 4.69) is 9.97 Å². The molecular weight excluding hydrogens is 254 g/mol. The van der Waals surface area contributed by atoms with Gasteiger partial charge in [0.05, 0.1) is 18.6 Å². The van der Waals surface area contributed by atoms with Gasteiger partial charge in [-0.15, -0.1) is 0 Å². The molecule has 0 fully saturated rings. The Morgan fingerprint density at radius 2 is 2.25 bits per heavy atom. The van der Waals surface area contributed by atoms with Crippen LogP contribution >= 0.6 is 0 Å². The zero-order valence-electron chi connectivity index (χ0n) is 10.8. The third-order valence-electron chi connectivity index (χ3n) is 3.40. The van der Waals surface area contributed by atoms with Crippen molar-refractivity contribution in [3.8, 4) is 23.1 Å². The average Bonchev–Trinajstić information content (AvgIpc) is 2.71. The van der Waals surface area contributed by atoms with Crippen molar-refractivity contribution in [3.63, 3.8) is 0 Å². The van der Waals surface area contributed by atoms with Crippen molar-refractivity contribution in [2.24, 2.45) is 0 Å². The molecule has 0 amide bonds. The fourth-order valence-corrected chi connectivity index (χ4v) is 2.36. The second-order valence-electron chi connectivity index (χ2n) is 4.70. The van der Waals surface area contributed by atoms with Crippen molar-refractivity contribution in [2.45, 2.75) is 19.3 Å². The predicted octanol–water partition coefficient (Wildman–Crippen LogP) is 2.02. The summed E-state index contributed by atoms with van der Waals surface area (Å²) in [5.41, 5.74) is 1.89. The predicted molar refractivity (Wildman–Crippen MR) is 73.4 cm³/mol. The van der Waals surface area contributed by atoms with Gasteiger partial charge < -0.3 is 9.72 Å². The molecule has 0 saturated carbocycles. The summed E-state index contributed by atoms with van der Waals surface area (Å²) in [6.07, 6.45) is 4.45. The molecule has 0 radical (unpaired) electrons. The van der Waals surface area contributed by atoms with Crippen LogP contribution in [0, 0.1) is 11.3 Å². The average molecular weight is 267 g/mol. The maximum Gasteiger partial charge on any atom is 0.269 e. The van der Waals surface area contributed by atoms with E-state index in [0.717, 1.165) is 36.1 Å². The number of nitriles is 1. The maximum absolute atomic E-state index is 11.6. The molecule has 0 aliphatic carbocycles. The molecule has 0 unspecified atom stereocenters. The van der Waals surface area contributed by atoms with Gasteiger partial charge in [0.1, 0.15) is 17.4 Å². The fraction of sp³-hybridized carbons (Fsp3) is 0.267. The summed E-state index contributed by atoms with van der Waals surface area (Å²) in [6, 6.07) is 7.64. The molecule has 0 saturated heterocycles. The van der Waals surface area contributed by atoms with Gasteiger partial charge in [-0.05, 0) is 30.9 Å². The van der Waals surface area contributed by atoms with Crippen LogP contribution in [0.2, 0.25) is 0 Å². The molecule has 1 N–H and O–H groups in total. The Morgan fingerprint density at radius 1 is 1.35 bits per heavy atom. The molecule has 5 heteroatoms. The van der Waals surface area contributed by atoms with Crippen LogP contribution in [-0.4, -0.2) is 16.6 Å². The van der Waals surface area contributed by atoms with Gasteiger partial charge in [-0.25, -0.2) is 4.98 Å². The van der Waals surface area contributed by atoms with Gasteiger partial charge in [-0.2, -0.15) is 5.26 Å². The number of aryl methyl sites for hydroxylation is 1. The number of H-pyrrole nitrogens is 1. The van der Waals surface area contributed by atoms with E-state index in [1.807, 2.05) is 24.3 Å². The maximum atomic E-state index is 11.6. The number of nitrogens with zero attached hydrogens (tertiary/aromatic N) is 2. The van der Waals surface area contributed by atoms with Gasteiger partial charge in [-0.1, -0.05) is 12.1 Å². The first-order valence-electron chi connectivity index (χ1n) is 6.53. The minimum atomic E-state index is -0.423. The van der Waals surface area contributed by atoms with Crippen molar-refractivity contribution in [1.29, 1.82) is 5.26 Å². The standard InChI is InChI=1S/C15H13N3O2/c16-8-12-14(17-9-18-15(12)19)11-5-4-10-3-1-2-6-20-13(10)7-11/h4-5,7,9H,1-3,6H2,(H,17,18,19). The highest BCUT2D eigenvalue weighted by Crippen LogP contribution is 2.29. The van der Waals surface area contributed by atoms with Gasteiger partial charge >= 0.3 is 0 Å². The number of aromatic nitrogens is 2. The Hall–Kier alpha value is -2.61. The molecule has 20 heavy (non-hydrogen) atoms. The largest absolute Gasteiger partial charge is 0.493 e. The van der Waals surface area contributed by atoms with E-state index >= 15 is 0 Å². The Kier molecular flexibility index (Phi) is 3.21. The highest BCUT2D eigenvalue weighted by Gasteiger charge is 2.14. The zero-order chi connectivity index (χ0) is 13.9. The highest BCUT2D eigenvalue weighted by atomic mass is 16.5. The van der Waals surface area contributed by atoms with Crippen LogP contribution in [0.25, 0.3) is 11.3 Å². The molecule has 100 valence electrons. The minimum Gasteiger partial charge on any atom is -0.493 e. The number of hydrogen-bond acceptors (Lipinski definition) is 4. The molecule has 2 heterocycles. The Bertz CT molecular complexity index is 744. The fourth-order valence-electron chi connectivity index (χ4n) is 2.36. The van der Waals surface area contributed by atoms with E-state index in [-0.39, 0.29) is 5.56 Å². The monoisotopic (exact) mass is 267 g/mol. The first kappa shape index (κ1) is 12.4.